The topological polar surface area (TPSA) is 82.1 Å². The molecule has 3 rings (SSSR count). The summed E-state index contributed by atoms with van der Waals surface area (Å²) in [7, 11) is 4.38. The van der Waals surface area contributed by atoms with Crippen molar-refractivity contribution < 1.29 is 28.9 Å². The van der Waals surface area contributed by atoms with Crippen LogP contribution in [0, 0.1) is 0 Å². The molecule has 2 aromatic carbocycles. The Bertz CT molecular complexity index is 910. The quantitative estimate of drug-likeness (QED) is 0.862. The molecule has 0 unspecified atom stereocenters. The minimum atomic E-state index is -0.787. The lowest BCUT2D eigenvalue weighted by Gasteiger charge is -2.20. The molecule has 0 radical (unpaired) electrons. The van der Waals surface area contributed by atoms with Crippen molar-refractivity contribution in [1.82, 2.24) is 0 Å². The highest BCUT2D eigenvalue weighted by Crippen LogP contribution is 2.40. The SMILES string of the molecule is COc1ccc(C2=C(O)c3c(OC)cccc3C(=O)C2=O)cc1OC. The van der Waals surface area contributed by atoms with Gasteiger partial charge < -0.3 is 19.3 Å². The number of aliphatic hydroxyl groups excluding tert-OH is 1. The molecule has 0 spiro atoms. The summed E-state index contributed by atoms with van der Waals surface area (Å²) >= 11 is 0. The Hall–Kier alpha value is -3.28. The van der Waals surface area contributed by atoms with Gasteiger partial charge in [-0.25, -0.2) is 0 Å². The van der Waals surface area contributed by atoms with Crippen LogP contribution in [0.25, 0.3) is 11.3 Å². The average Bonchev–Trinajstić information content (AvgIpc) is 2.65. The molecule has 2 aromatic rings. The maximum absolute atomic E-state index is 12.6. The second kappa shape index (κ2) is 6.32. The van der Waals surface area contributed by atoms with Crippen molar-refractivity contribution in [1.29, 1.82) is 0 Å². The van der Waals surface area contributed by atoms with Gasteiger partial charge in [-0.05, 0) is 29.8 Å². The van der Waals surface area contributed by atoms with Crippen LogP contribution in [0.2, 0.25) is 0 Å². The number of aliphatic hydroxyl groups is 1. The summed E-state index contributed by atoms with van der Waals surface area (Å²) in [6.45, 7) is 0. The van der Waals surface area contributed by atoms with Crippen molar-refractivity contribution in [2.45, 2.75) is 0 Å². The number of allylic oxidation sites excluding steroid dienone is 1. The van der Waals surface area contributed by atoms with E-state index in [1.54, 1.807) is 24.3 Å². The number of carbonyl (C=O) groups excluding carboxylic acids is 2. The second-order valence-corrected chi connectivity index (χ2v) is 5.33. The Kier molecular flexibility index (Phi) is 4.19. The minimum absolute atomic E-state index is 0.0945. The molecular formula is C19H16O6. The molecule has 0 atom stereocenters. The number of benzene rings is 2. The highest BCUT2D eigenvalue weighted by atomic mass is 16.5. The Balaban J connectivity index is 2.28. The van der Waals surface area contributed by atoms with E-state index in [1.807, 2.05) is 0 Å². The Morgan fingerprint density at radius 2 is 1.48 bits per heavy atom. The van der Waals surface area contributed by atoms with Gasteiger partial charge in [-0.2, -0.15) is 0 Å². The van der Waals surface area contributed by atoms with Gasteiger partial charge in [-0.3, -0.25) is 9.59 Å². The van der Waals surface area contributed by atoms with Gasteiger partial charge in [0.25, 0.3) is 0 Å². The third-order valence-corrected chi connectivity index (χ3v) is 4.07. The van der Waals surface area contributed by atoms with Crippen molar-refractivity contribution in [2.75, 3.05) is 21.3 Å². The van der Waals surface area contributed by atoms with Crippen molar-refractivity contribution in [3.8, 4) is 17.2 Å². The molecule has 0 heterocycles. The van der Waals surface area contributed by atoms with Gasteiger partial charge in [-0.1, -0.05) is 12.1 Å². The van der Waals surface area contributed by atoms with E-state index in [-0.39, 0.29) is 22.5 Å². The van der Waals surface area contributed by atoms with Gasteiger partial charge >= 0.3 is 0 Å². The van der Waals surface area contributed by atoms with E-state index in [0.29, 0.717) is 22.8 Å². The summed E-state index contributed by atoms with van der Waals surface area (Å²) in [6.07, 6.45) is 0. The monoisotopic (exact) mass is 340 g/mol. The van der Waals surface area contributed by atoms with E-state index < -0.39 is 11.6 Å². The number of Topliss-reactive ketones (excluding diaryl/α,β-unsaturated/α-hetero) is 2. The van der Waals surface area contributed by atoms with Crippen LogP contribution in [-0.4, -0.2) is 38.0 Å². The number of fused-ring (bicyclic) bond motifs is 1. The van der Waals surface area contributed by atoms with Crippen LogP contribution < -0.4 is 14.2 Å². The lowest BCUT2D eigenvalue weighted by Crippen LogP contribution is -2.23. The molecule has 1 aliphatic carbocycles. The number of hydrogen-bond acceptors (Lipinski definition) is 6. The molecule has 25 heavy (non-hydrogen) atoms. The molecule has 0 saturated carbocycles. The number of ketones is 2. The first-order chi connectivity index (χ1) is 12.0. The first-order valence-electron chi connectivity index (χ1n) is 7.45. The average molecular weight is 340 g/mol. The van der Waals surface area contributed by atoms with Crippen molar-refractivity contribution in [3.05, 3.63) is 53.1 Å². The predicted octanol–water partition coefficient (Wildman–Crippen LogP) is 2.90. The molecule has 0 fully saturated rings. The highest BCUT2D eigenvalue weighted by Gasteiger charge is 2.35. The Morgan fingerprint density at radius 3 is 2.12 bits per heavy atom. The van der Waals surface area contributed by atoms with E-state index in [1.165, 1.54) is 33.5 Å². The van der Waals surface area contributed by atoms with E-state index in [0.717, 1.165) is 0 Å². The molecule has 0 aliphatic heterocycles. The van der Waals surface area contributed by atoms with Gasteiger partial charge in [0.05, 0.1) is 32.5 Å². The molecular weight excluding hydrogens is 324 g/mol. The molecule has 0 bridgehead atoms. The number of methoxy groups -OCH3 is 3. The number of hydrogen-bond donors (Lipinski definition) is 1. The van der Waals surface area contributed by atoms with Crippen molar-refractivity contribution in [3.63, 3.8) is 0 Å². The molecule has 128 valence electrons. The number of ether oxygens (including phenoxy) is 3. The molecule has 6 nitrogen and oxygen atoms in total. The molecule has 0 aromatic heterocycles. The van der Waals surface area contributed by atoms with Crippen LogP contribution in [0.15, 0.2) is 36.4 Å². The summed E-state index contributed by atoms with van der Waals surface area (Å²) in [5.41, 5.74) is 0.582. The fraction of sp³-hybridized carbons (Fsp3) is 0.158. The van der Waals surface area contributed by atoms with Crippen molar-refractivity contribution in [2.24, 2.45) is 0 Å². The first kappa shape index (κ1) is 16.6. The van der Waals surface area contributed by atoms with Crippen LogP contribution in [0.5, 0.6) is 17.2 Å². The zero-order valence-corrected chi connectivity index (χ0v) is 14.0. The van der Waals surface area contributed by atoms with Gasteiger partial charge in [0.15, 0.2) is 11.5 Å². The van der Waals surface area contributed by atoms with Gasteiger partial charge in [0, 0.05) is 5.56 Å². The maximum Gasteiger partial charge on any atom is 0.237 e. The Labute approximate surface area is 144 Å². The predicted molar refractivity (Wildman–Crippen MR) is 91.3 cm³/mol. The van der Waals surface area contributed by atoms with E-state index in [9.17, 15) is 14.7 Å². The normalized spacial score (nSPS) is 13.6. The maximum atomic E-state index is 12.6. The first-order valence-corrected chi connectivity index (χ1v) is 7.45. The third-order valence-electron chi connectivity index (χ3n) is 4.07. The largest absolute Gasteiger partial charge is 0.506 e. The smallest absolute Gasteiger partial charge is 0.237 e. The summed E-state index contributed by atoms with van der Waals surface area (Å²) in [6, 6.07) is 9.42. The number of rotatable bonds is 4. The summed E-state index contributed by atoms with van der Waals surface area (Å²) in [5, 5.41) is 10.7. The molecule has 1 N–H and O–H groups in total. The standard InChI is InChI=1S/C19H16O6/c1-23-12-8-7-10(9-14(12)25-3)15-18(21)16-11(17(20)19(15)22)5-4-6-13(16)24-2/h4-9,21H,1-3H3. The molecule has 1 aliphatic rings. The zero-order valence-electron chi connectivity index (χ0n) is 14.0. The number of carbonyl (C=O) groups is 2. The third kappa shape index (κ3) is 2.52. The fourth-order valence-corrected chi connectivity index (χ4v) is 2.86. The van der Waals surface area contributed by atoms with E-state index >= 15 is 0 Å². The van der Waals surface area contributed by atoms with Crippen LogP contribution in [0.4, 0.5) is 0 Å². The minimum Gasteiger partial charge on any atom is -0.506 e. The lowest BCUT2D eigenvalue weighted by molar-refractivity contribution is -0.110. The van der Waals surface area contributed by atoms with Crippen LogP contribution in [0.1, 0.15) is 21.5 Å². The van der Waals surface area contributed by atoms with Gasteiger partial charge in [0.1, 0.15) is 11.5 Å². The fourth-order valence-electron chi connectivity index (χ4n) is 2.86. The van der Waals surface area contributed by atoms with E-state index in [4.69, 9.17) is 14.2 Å². The van der Waals surface area contributed by atoms with Gasteiger partial charge in [-0.15, -0.1) is 0 Å². The second-order valence-electron chi connectivity index (χ2n) is 5.33. The van der Waals surface area contributed by atoms with Crippen LogP contribution >= 0.6 is 0 Å². The highest BCUT2D eigenvalue weighted by molar-refractivity contribution is 6.62. The molecule has 0 amide bonds. The summed E-state index contributed by atoms with van der Waals surface area (Å²) in [4.78, 5) is 25.1. The molecule has 0 saturated heterocycles. The van der Waals surface area contributed by atoms with Crippen LogP contribution in [-0.2, 0) is 4.79 Å². The summed E-state index contributed by atoms with van der Waals surface area (Å²) in [5.74, 6) is -0.620. The summed E-state index contributed by atoms with van der Waals surface area (Å²) < 4.78 is 15.6. The van der Waals surface area contributed by atoms with Gasteiger partial charge in [0.2, 0.25) is 11.6 Å². The lowest BCUT2D eigenvalue weighted by atomic mass is 9.84. The van der Waals surface area contributed by atoms with Crippen molar-refractivity contribution >= 4 is 22.9 Å². The zero-order chi connectivity index (χ0) is 18.1. The Morgan fingerprint density at radius 1 is 0.800 bits per heavy atom. The molecule has 6 heteroatoms. The van der Waals surface area contributed by atoms with E-state index in [2.05, 4.69) is 0 Å². The van der Waals surface area contributed by atoms with Crippen LogP contribution in [0.3, 0.4) is 0 Å².